The zero-order valence-corrected chi connectivity index (χ0v) is 12.1. The van der Waals surface area contributed by atoms with Crippen LogP contribution in [0.1, 0.15) is 19.3 Å². The lowest BCUT2D eigenvalue weighted by atomic mass is 10.1. The van der Waals surface area contributed by atoms with Crippen molar-refractivity contribution in [3.63, 3.8) is 0 Å². The summed E-state index contributed by atoms with van der Waals surface area (Å²) in [6.45, 7) is 0. The fraction of sp³-hybridized carbons (Fsp3) is 0. The fourth-order valence-corrected chi connectivity index (χ4v) is 4.18. The van der Waals surface area contributed by atoms with Crippen molar-refractivity contribution in [2.75, 3.05) is 0 Å². The van der Waals surface area contributed by atoms with Crippen LogP contribution in [0.5, 0.6) is 0 Å². The second-order valence-electron chi connectivity index (χ2n) is 4.04. The predicted molar refractivity (Wildman–Crippen MR) is 76.6 cm³/mol. The third kappa shape index (κ3) is 2.79. The van der Waals surface area contributed by atoms with E-state index in [1.807, 2.05) is 0 Å². The number of sulfonamides is 1. The van der Waals surface area contributed by atoms with Crippen LogP contribution < -0.4 is 10.9 Å². The van der Waals surface area contributed by atoms with Crippen molar-refractivity contribution in [2.45, 2.75) is 4.90 Å². The summed E-state index contributed by atoms with van der Waals surface area (Å²) >= 11 is 0.491. The molecule has 21 heavy (non-hydrogen) atoms. The van der Waals surface area contributed by atoms with Crippen LogP contribution in [0.3, 0.4) is 0 Å². The van der Waals surface area contributed by atoms with Crippen molar-refractivity contribution in [2.24, 2.45) is 10.9 Å². The van der Waals surface area contributed by atoms with Gasteiger partial charge in [-0.05, 0) is 5.56 Å². The monoisotopic (exact) mass is 326 g/mol. The van der Waals surface area contributed by atoms with Gasteiger partial charge >= 0.3 is 5.97 Å². The normalized spacial score (nSPS) is 11.3. The molecule has 0 fully saturated rings. The number of carboxylic acids is 1. The van der Waals surface area contributed by atoms with E-state index in [-0.39, 0.29) is 10.4 Å². The molecule has 0 saturated carbocycles. The van der Waals surface area contributed by atoms with E-state index in [0.29, 0.717) is 16.9 Å². The Morgan fingerprint density at radius 3 is 2.10 bits per heavy atom. The molecule has 5 N–H and O–H groups in total. The van der Waals surface area contributed by atoms with Crippen LogP contribution in [0.4, 0.5) is 0 Å². The van der Waals surface area contributed by atoms with Gasteiger partial charge in [0.05, 0.1) is 0 Å². The van der Waals surface area contributed by atoms with Gasteiger partial charge in [0, 0.05) is 5.56 Å². The van der Waals surface area contributed by atoms with Crippen molar-refractivity contribution in [3.05, 3.63) is 40.1 Å². The zero-order chi connectivity index (χ0) is 15.8. The summed E-state index contributed by atoms with van der Waals surface area (Å²) in [5.41, 5.74) is 5.33. The van der Waals surface area contributed by atoms with Crippen LogP contribution in [0.2, 0.25) is 0 Å². The highest BCUT2D eigenvalue weighted by molar-refractivity contribution is 7.89. The minimum absolute atomic E-state index is 0.121. The molecule has 1 amide bonds. The SMILES string of the molecule is NC(=O)c1sc(C(=O)O)c(-c2ccccc2)c1S(N)(=O)=O. The van der Waals surface area contributed by atoms with Crippen LogP contribution in [-0.4, -0.2) is 25.4 Å². The van der Waals surface area contributed by atoms with Crippen molar-refractivity contribution in [3.8, 4) is 11.1 Å². The number of benzene rings is 1. The molecule has 9 heteroatoms. The molecular formula is C12H10N2O5S2. The molecule has 1 heterocycles. The molecule has 0 aliphatic rings. The maximum absolute atomic E-state index is 11.8. The van der Waals surface area contributed by atoms with Gasteiger partial charge in [0.25, 0.3) is 5.91 Å². The van der Waals surface area contributed by atoms with E-state index in [1.165, 1.54) is 12.1 Å². The average Bonchev–Trinajstić information content (AvgIpc) is 2.80. The quantitative estimate of drug-likeness (QED) is 0.764. The Bertz CT molecular complexity index is 825. The lowest BCUT2D eigenvalue weighted by Gasteiger charge is -2.05. The van der Waals surface area contributed by atoms with Crippen molar-refractivity contribution in [1.82, 2.24) is 0 Å². The first-order valence-corrected chi connectivity index (χ1v) is 7.88. The Morgan fingerprint density at radius 2 is 1.67 bits per heavy atom. The highest BCUT2D eigenvalue weighted by Gasteiger charge is 2.31. The lowest BCUT2D eigenvalue weighted by Crippen LogP contribution is -2.19. The molecule has 0 unspecified atom stereocenters. The van der Waals surface area contributed by atoms with E-state index >= 15 is 0 Å². The van der Waals surface area contributed by atoms with Gasteiger partial charge < -0.3 is 10.8 Å². The number of primary amides is 1. The first-order valence-electron chi connectivity index (χ1n) is 5.51. The minimum Gasteiger partial charge on any atom is -0.477 e. The van der Waals surface area contributed by atoms with Gasteiger partial charge in [-0.15, -0.1) is 11.3 Å². The first kappa shape index (κ1) is 15.2. The Labute approximate surface area is 123 Å². The van der Waals surface area contributed by atoms with Crippen LogP contribution >= 0.6 is 11.3 Å². The number of hydrogen-bond acceptors (Lipinski definition) is 5. The van der Waals surface area contributed by atoms with Gasteiger partial charge in [-0.1, -0.05) is 30.3 Å². The van der Waals surface area contributed by atoms with Gasteiger partial charge in [0.2, 0.25) is 10.0 Å². The molecule has 0 spiro atoms. The summed E-state index contributed by atoms with van der Waals surface area (Å²) in [4.78, 5) is 21.5. The lowest BCUT2D eigenvalue weighted by molar-refractivity contribution is 0.0702. The summed E-state index contributed by atoms with van der Waals surface area (Å²) < 4.78 is 23.5. The molecule has 0 bridgehead atoms. The summed E-state index contributed by atoms with van der Waals surface area (Å²) in [5, 5.41) is 14.4. The highest BCUT2D eigenvalue weighted by atomic mass is 32.2. The Kier molecular flexibility index (Phi) is 3.81. The zero-order valence-electron chi connectivity index (χ0n) is 10.4. The molecular weight excluding hydrogens is 316 g/mol. The second kappa shape index (κ2) is 5.28. The number of carbonyl (C=O) groups is 2. The minimum atomic E-state index is -4.32. The third-order valence-corrected chi connectivity index (χ3v) is 4.93. The van der Waals surface area contributed by atoms with Crippen LogP contribution in [-0.2, 0) is 10.0 Å². The number of primary sulfonamides is 1. The average molecular weight is 326 g/mol. The molecule has 1 aromatic heterocycles. The van der Waals surface area contributed by atoms with Gasteiger partial charge in [0.1, 0.15) is 14.6 Å². The third-order valence-electron chi connectivity index (χ3n) is 2.63. The predicted octanol–water partition coefficient (Wildman–Crippen LogP) is 0.860. The number of rotatable bonds is 4. The maximum Gasteiger partial charge on any atom is 0.346 e. The molecule has 0 saturated heterocycles. The van der Waals surface area contributed by atoms with Crippen LogP contribution in [0.15, 0.2) is 35.2 Å². The van der Waals surface area contributed by atoms with E-state index in [0.717, 1.165) is 0 Å². The van der Waals surface area contributed by atoms with Gasteiger partial charge in [-0.3, -0.25) is 4.79 Å². The molecule has 0 atom stereocenters. The molecule has 0 aliphatic carbocycles. The van der Waals surface area contributed by atoms with E-state index in [2.05, 4.69) is 0 Å². The smallest absolute Gasteiger partial charge is 0.346 e. The van der Waals surface area contributed by atoms with E-state index in [1.54, 1.807) is 18.2 Å². The van der Waals surface area contributed by atoms with E-state index in [4.69, 9.17) is 10.9 Å². The molecule has 2 aromatic rings. The van der Waals surface area contributed by atoms with Crippen molar-refractivity contribution in [1.29, 1.82) is 0 Å². The van der Waals surface area contributed by atoms with Crippen molar-refractivity contribution < 1.29 is 23.1 Å². The van der Waals surface area contributed by atoms with Crippen LogP contribution in [0.25, 0.3) is 11.1 Å². The molecule has 110 valence electrons. The van der Waals surface area contributed by atoms with E-state index in [9.17, 15) is 23.1 Å². The summed E-state index contributed by atoms with van der Waals surface area (Å²) in [6.07, 6.45) is 0. The maximum atomic E-state index is 11.8. The fourth-order valence-electron chi connectivity index (χ4n) is 1.87. The number of carbonyl (C=O) groups excluding carboxylic acids is 1. The van der Waals surface area contributed by atoms with Gasteiger partial charge in [0.15, 0.2) is 0 Å². The number of aromatic carboxylic acids is 1. The number of thiophene rings is 1. The largest absolute Gasteiger partial charge is 0.477 e. The van der Waals surface area contributed by atoms with Crippen LogP contribution in [0, 0.1) is 0 Å². The van der Waals surface area contributed by atoms with Gasteiger partial charge in [-0.2, -0.15) is 0 Å². The molecule has 7 nitrogen and oxygen atoms in total. The number of hydrogen-bond donors (Lipinski definition) is 3. The Hall–Kier alpha value is -2.23. The molecule has 0 aliphatic heterocycles. The van der Waals surface area contributed by atoms with Gasteiger partial charge in [-0.25, -0.2) is 18.4 Å². The molecule has 1 aromatic carbocycles. The topological polar surface area (TPSA) is 141 Å². The summed E-state index contributed by atoms with van der Waals surface area (Å²) in [7, 11) is -4.32. The first-order chi connectivity index (χ1) is 9.73. The second-order valence-corrected chi connectivity index (χ2v) is 6.56. The van der Waals surface area contributed by atoms with E-state index < -0.39 is 31.7 Å². The number of amides is 1. The molecule has 2 rings (SSSR count). The number of carboxylic acid groups (broad SMARTS) is 1. The Morgan fingerprint density at radius 1 is 1.10 bits per heavy atom. The Balaban J connectivity index is 2.96. The van der Waals surface area contributed by atoms with Crippen molar-refractivity contribution >= 4 is 33.2 Å². The molecule has 0 radical (unpaired) electrons. The standard InChI is InChI=1S/C12H10N2O5S2/c13-11(15)9-10(21(14,18)19)7(8(20-9)12(16)17)6-4-2-1-3-5-6/h1-5H,(H2,13,15)(H,16,17)(H2,14,18,19). The highest BCUT2D eigenvalue weighted by Crippen LogP contribution is 2.39. The summed E-state index contributed by atoms with van der Waals surface area (Å²) in [5.74, 6) is -2.41. The number of nitrogens with two attached hydrogens (primary N) is 2. The summed E-state index contributed by atoms with van der Waals surface area (Å²) in [6, 6.07) is 7.94.